The highest BCUT2D eigenvalue weighted by molar-refractivity contribution is 6.05. The van der Waals surface area contributed by atoms with Crippen molar-refractivity contribution >= 4 is 11.9 Å². The molecule has 1 heterocycles. The van der Waals surface area contributed by atoms with Gasteiger partial charge in [-0.2, -0.15) is 4.99 Å². The van der Waals surface area contributed by atoms with Crippen molar-refractivity contribution in [1.82, 2.24) is 4.90 Å². The van der Waals surface area contributed by atoms with Crippen LogP contribution in [-0.4, -0.2) is 41.6 Å². The van der Waals surface area contributed by atoms with Gasteiger partial charge >= 0.3 is 6.03 Å². The molecule has 0 aliphatic carbocycles. The molecule has 0 aromatic carbocycles. The normalized spacial score (nSPS) is 26.5. The van der Waals surface area contributed by atoms with Crippen LogP contribution >= 0.6 is 0 Å². The molecule has 0 saturated carbocycles. The summed E-state index contributed by atoms with van der Waals surface area (Å²) in [6.45, 7) is 6.30. The van der Waals surface area contributed by atoms with Crippen LogP contribution in [0.15, 0.2) is 4.99 Å². The zero-order valence-electron chi connectivity index (χ0n) is 9.86. The lowest BCUT2D eigenvalue weighted by atomic mass is 9.99. The Labute approximate surface area is 95.7 Å². The maximum Gasteiger partial charge on any atom is 0.347 e. The summed E-state index contributed by atoms with van der Waals surface area (Å²) in [5.41, 5.74) is 5.03. The van der Waals surface area contributed by atoms with Crippen LogP contribution < -0.4 is 5.73 Å². The van der Waals surface area contributed by atoms with E-state index in [-0.39, 0.29) is 11.9 Å². The first-order valence-corrected chi connectivity index (χ1v) is 5.19. The van der Waals surface area contributed by atoms with Crippen LogP contribution in [0.2, 0.25) is 0 Å². The van der Waals surface area contributed by atoms with Gasteiger partial charge in [0.05, 0.1) is 12.6 Å². The van der Waals surface area contributed by atoms with Crippen molar-refractivity contribution in [3.63, 3.8) is 0 Å². The molecular formula is C11H17N3O2. The number of rotatable bonds is 4. The second-order valence-electron chi connectivity index (χ2n) is 3.90. The van der Waals surface area contributed by atoms with Gasteiger partial charge in [0.15, 0.2) is 0 Å². The second-order valence-corrected chi connectivity index (χ2v) is 3.90. The topological polar surface area (TPSA) is 67.9 Å². The number of amides is 2. The Morgan fingerprint density at radius 2 is 2.38 bits per heavy atom. The molecule has 0 fully saturated rings. The first-order valence-electron chi connectivity index (χ1n) is 5.19. The van der Waals surface area contributed by atoms with E-state index < -0.39 is 11.6 Å². The van der Waals surface area contributed by atoms with Crippen molar-refractivity contribution < 1.29 is 9.53 Å². The summed E-state index contributed by atoms with van der Waals surface area (Å²) in [7, 11) is 0. The Hall–Kier alpha value is -1.54. The van der Waals surface area contributed by atoms with Gasteiger partial charge in [0.2, 0.25) is 0 Å². The van der Waals surface area contributed by atoms with E-state index in [1.807, 2.05) is 6.92 Å². The molecule has 88 valence electrons. The first kappa shape index (κ1) is 12.5. The minimum Gasteiger partial charge on any atom is -0.385 e. The number of nitrogens with zero attached hydrogens (tertiary/aromatic N) is 2. The van der Waals surface area contributed by atoms with E-state index in [1.54, 1.807) is 13.8 Å². The Morgan fingerprint density at radius 3 is 2.88 bits per heavy atom. The molecule has 0 saturated heterocycles. The van der Waals surface area contributed by atoms with Crippen molar-refractivity contribution in [2.75, 3.05) is 13.2 Å². The molecule has 1 rings (SSSR count). The Kier molecular flexibility index (Phi) is 3.55. The van der Waals surface area contributed by atoms with Crippen LogP contribution in [0.5, 0.6) is 0 Å². The molecule has 2 unspecified atom stereocenters. The highest BCUT2D eigenvalue weighted by atomic mass is 16.5. The largest absolute Gasteiger partial charge is 0.385 e. The van der Waals surface area contributed by atoms with Gasteiger partial charge in [-0.05, 0) is 20.8 Å². The van der Waals surface area contributed by atoms with Gasteiger partial charge in [0.25, 0.3) is 0 Å². The fourth-order valence-corrected chi connectivity index (χ4v) is 1.72. The van der Waals surface area contributed by atoms with Crippen LogP contribution in [-0.2, 0) is 4.74 Å². The monoisotopic (exact) mass is 223 g/mol. The van der Waals surface area contributed by atoms with E-state index in [2.05, 4.69) is 10.9 Å². The molecule has 2 atom stereocenters. The summed E-state index contributed by atoms with van der Waals surface area (Å²) in [4.78, 5) is 16.9. The number of amidine groups is 1. The summed E-state index contributed by atoms with van der Waals surface area (Å²) < 4.78 is 5.34. The van der Waals surface area contributed by atoms with E-state index in [0.717, 1.165) is 0 Å². The van der Waals surface area contributed by atoms with Gasteiger partial charge in [-0.1, -0.05) is 5.92 Å². The molecule has 2 N–H and O–H groups in total. The number of aliphatic imine (C=N–C) groups is 1. The number of carbonyl (C=O) groups excluding carboxylic acids is 1. The summed E-state index contributed by atoms with van der Waals surface area (Å²) in [5, 5.41) is 0. The van der Waals surface area contributed by atoms with Crippen molar-refractivity contribution in [1.29, 1.82) is 0 Å². The number of ether oxygens (including phenoxy) is 1. The van der Waals surface area contributed by atoms with Gasteiger partial charge in [-0.3, -0.25) is 4.90 Å². The molecule has 0 spiro atoms. The summed E-state index contributed by atoms with van der Waals surface area (Å²) >= 11 is 0. The summed E-state index contributed by atoms with van der Waals surface area (Å²) in [5.74, 6) is 2.77. The van der Waals surface area contributed by atoms with Crippen molar-refractivity contribution in [2.45, 2.75) is 32.4 Å². The second kappa shape index (κ2) is 4.54. The van der Waals surface area contributed by atoms with Crippen LogP contribution in [0.3, 0.4) is 0 Å². The average Bonchev–Trinajstić information content (AvgIpc) is 2.47. The molecule has 5 nitrogen and oxygen atoms in total. The van der Waals surface area contributed by atoms with Crippen LogP contribution in [0.25, 0.3) is 0 Å². The fraction of sp³-hybridized carbons (Fsp3) is 0.636. The van der Waals surface area contributed by atoms with Gasteiger partial charge in [-0.15, -0.1) is 6.42 Å². The smallest absolute Gasteiger partial charge is 0.347 e. The molecule has 5 heteroatoms. The number of carbonyl (C=O) groups is 1. The minimum absolute atomic E-state index is 0.257. The van der Waals surface area contributed by atoms with Crippen LogP contribution in [0.4, 0.5) is 4.79 Å². The quantitative estimate of drug-likeness (QED) is 0.709. The molecule has 2 amide bonds. The molecule has 0 aromatic rings. The fourth-order valence-electron chi connectivity index (χ4n) is 1.72. The van der Waals surface area contributed by atoms with Gasteiger partial charge in [0.1, 0.15) is 11.4 Å². The van der Waals surface area contributed by atoms with Gasteiger partial charge in [-0.25, -0.2) is 4.79 Å². The third-order valence-corrected chi connectivity index (χ3v) is 2.72. The molecule has 0 bridgehead atoms. The van der Waals surface area contributed by atoms with E-state index in [1.165, 1.54) is 4.90 Å². The number of hydrogen-bond acceptors (Lipinski definition) is 3. The zero-order valence-corrected chi connectivity index (χ0v) is 9.86. The lowest BCUT2D eigenvalue weighted by molar-refractivity contribution is 0.0614. The average molecular weight is 223 g/mol. The lowest BCUT2D eigenvalue weighted by Gasteiger charge is -2.36. The highest BCUT2D eigenvalue weighted by Gasteiger charge is 2.46. The summed E-state index contributed by atoms with van der Waals surface area (Å²) in [6.07, 6.45) is 5.33. The first-order chi connectivity index (χ1) is 7.47. The molecule has 16 heavy (non-hydrogen) atoms. The minimum atomic E-state index is -0.737. The molecular weight excluding hydrogens is 206 g/mol. The maximum atomic E-state index is 11.7. The molecule has 1 aliphatic rings. The summed E-state index contributed by atoms with van der Waals surface area (Å²) in [6, 6.07) is -0.757. The molecule has 0 radical (unpaired) electrons. The zero-order chi connectivity index (χ0) is 12.3. The van der Waals surface area contributed by atoms with E-state index in [0.29, 0.717) is 13.2 Å². The highest BCUT2D eigenvalue weighted by Crippen LogP contribution is 2.26. The Bertz CT molecular complexity index is 359. The number of terminal acetylenes is 1. The van der Waals surface area contributed by atoms with Crippen molar-refractivity contribution in [3.05, 3.63) is 0 Å². The Balaban J connectivity index is 2.98. The number of urea groups is 1. The predicted octanol–water partition coefficient (Wildman–Crippen LogP) is 0.596. The van der Waals surface area contributed by atoms with E-state index >= 15 is 0 Å². The van der Waals surface area contributed by atoms with E-state index in [4.69, 9.17) is 16.9 Å². The van der Waals surface area contributed by atoms with Gasteiger partial charge < -0.3 is 10.5 Å². The van der Waals surface area contributed by atoms with Gasteiger partial charge in [0, 0.05) is 6.61 Å². The lowest BCUT2D eigenvalue weighted by Crippen LogP contribution is -2.57. The Morgan fingerprint density at radius 1 is 1.75 bits per heavy atom. The van der Waals surface area contributed by atoms with Crippen LogP contribution in [0, 0.1) is 12.3 Å². The molecule has 1 aliphatic heterocycles. The van der Waals surface area contributed by atoms with Crippen molar-refractivity contribution in [3.8, 4) is 12.3 Å². The maximum absolute atomic E-state index is 11.7. The third-order valence-electron chi connectivity index (χ3n) is 2.72. The standard InChI is InChI=1S/C11H17N3O2/c1-5-8(3)14-10(15)13-9(12)11(14,4)7-16-6-2/h1,8H,6-7H2,2-4H3,(H2,12,13,15). The van der Waals surface area contributed by atoms with Crippen molar-refractivity contribution in [2.24, 2.45) is 10.7 Å². The number of nitrogens with two attached hydrogens (primary N) is 1. The predicted molar refractivity (Wildman–Crippen MR) is 62.1 cm³/mol. The van der Waals surface area contributed by atoms with E-state index in [9.17, 15) is 4.79 Å². The third kappa shape index (κ3) is 1.89. The van der Waals surface area contributed by atoms with Crippen LogP contribution in [0.1, 0.15) is 20.8 Å². The molecule has 0 aromatic heterocycles. The SMILES string of the molecule is C#CC(C)N1C(=O)N=C(N)C1(C)COCC. The number of hydrogen-bond donors (Lipinski definition) is 1.